The van der Waals surface area contributed by atoms with E-state index in [1.165, 1.54) is 25.7 Å². The number of aliphatic hydroxyl groups is 1. The molecule has 0 aromatic heterocycles. The number of unbranched alkanes of at least 4 members (excludes halogenated alkanes) is 3. The first-order valence-electron chi connectivity index (χ1n) is 7.25. The molecule has 3 nitrogen and oxygen atoms in total. The smallest absolute Gasteiger partial charge is 0.0614 e. The lowest BCUT2D eigenvalue weighted by Gasteiger charge is -2.28. The van der Waals surface area contributed by atoms with Crippen molar-refractivity contribution in [2.75, 3.05) is 13.2 Å². The SMILES string of the molecule is CCCCCCNC(C)CC1CC(O)CCO1. The second-order valence-electron chi connectivity index (χ2n) is 5.32. The fourth-order valence-corrected chi connectivity index (χ4v) is 2.40. The Bertz CT molecular complexity index is 187. The molecule has 1 saturated heterocycles. The maximum Gasteiger partial charge on any atom is 0.0614 e. The lowest BCUT2D eigenvalue weighted by molar-refractivity contribution is -0.0492. The summed E-state index contributed by atoms with van der Waals surface area (Å²) in [5, 5.41) is 13.1. The molecule has 1 fully saturated rings. The van der Waals surface area contributed by atoms with E-state index in [4.69, 9.17) is 4.74 Å². The van der Waals surface area contributed by atoms with Crippen molar-refractivity contribution in [3.63, 3.8) is 0 Å². The van der Waals surface area contributed by atoms with Crippen molar-refractivity contribution >= 4 is 0 Å². The Balaban J connectivity index is 2.01. The molecule has 3 heteroatoms. The van der Waals surface area contributed by atoms with Crippen LogP contribution in [0.15, 0.2) is 0 Å². The number of rotatable bonds is 8. The van der Waals surface area contributed by atoms with Gasteiger partial charge in [0.15, 0.2) is 0 Å². The molecule has 0 aromatic carbocycles. The highest BCUT2D eigenvalue weighted by Crippen LogP contribution is 2.17. The van der Waals surface area contributed by atoms with E-state index in [-0.39, 0.29) is 12.2 Å². The van der Waals surface area contributed by atoms with Crippen molar-refractivity contribution in [3.8, 4) is 0 Å². The number of hydrogen-bond donors (Lipinski definition) is 2. The molecule has 0 saturated carbocycles. The molecule has 1 aliphatic heterocycles. The predicted molar refractivity (Wildman–Crippen MR) is 71.2 cm³/mol. The third-order valence-corrected chi connectivity index (χ3v) is 3.48. The second-order valence-corrected chi connectivity index (χ2v) is 5.32. The average molecular weight is 243 g/mol. The standard InChI is InChI=1S/C14H29NO2/c1-3-4-5-6-8-15-12(2)10-14-11-13(16)7-9-17-14/h12-16H,3-11H2,1-2H3. The Kier molecular flexibility index (Phi) is 7.82. The highest BCUT2D eigenvalue weighted by Gasteiger charge is 2.22. The summed E-state index contributed by atoms with van der Waals surface area (Å²) in [6.07, 6.45) is 7.96. The first kappa shape index (κ1) is 14.9. The molecule has 102 valence electrons. The third kappa shape index (κ3) is 7.02. The van der Waals surface area contributed by atoms with Gasteiger partial charge in [0.05, 0.1) is 12.2 Å². The van der Waals surface area contributed by atoms with Gasteiger partial charge in [-0.15, -0.1) is 0 Å². The van der Waals surface area contributed by atoms with Crippen LogP contribution in [0.5, 0.6) is 0 Å². The van der Waals surface area contributed by atoms with Crippen molar-refractivity contribution in [2.45, 2.75) is 77.0 Å². The first-order chi connectivity index (χ1) is 8.22. The van der Waals surface area contributed by atoms with Gasteiger partial charge in [0.25, 0.3) is 0 Å². The summed E-state index contributed by atoms with van der Waals surface area (Å²) < 4.78 is 5.66. The summed E-state index contributed by atoms with van der Waals surface area (Å²) in [4.78, 5) is 0. The van der Waals surface area contributed by atoms with Crippen LogP contribution >= 0.6 is 0 Å². The van der Waals surface area contributed by atoms with Crippen molar-refractivity contribution in [1.82, 2.24) is 5.32 Å². The molecule has 0 radical (unpaired) electrons. The summed E-state index contributed by atoms with van der Waals surface area (Å²) >= 11 is 0. The fourth-order valence-electron chi connectivity index (χ4n) is 2.40. The van der Waals surface area contributed by atoms with Gasteiger partial charge in [-0.05, 0) is 39.2 Å². The van der Waals surface area contributed by atoms with Gasteiger partial charge < -0.3 is 15.2 Å². The Morgan fingerprint density at radius 2 is 2.18 bits per heavy atom. The molecule has 0 aliphatic carbocycles. The molecule has 17 heavy (non-hydrogen) atoms. The maximum absolute atomic E-state index is 9.57. The maximum atomic E-state index is 9.57. The van der Waals surface area contributed by atoms with E-state index in [2.05, 4.69) is 19.2 Å². The van der Waals surface area contributed by atoms with Crippen LogP contribution in [-0.2, 0) is 4.74 Å². The summed E-state index contributed by atoms with van der Waals surface area (Å²) in [5.74, 6) is 0. The van der Waals surface area contributed by atoms with Crippen LogP contribution in [0.3, 0.4) is 0 Å². The van der Waals surface area contributed by atoms with Crippen molar-refractivity contribution in [2.24, 2.45) is 0 Å². The van der Waals surface area contributed by atoms with Gasteiger partial charge >= 0.3 is 0 Å². The third-order valence-electron chi connectivity index (χ3n) is 3.48. The van der Waals surface area contributed by atoms with Crippen LogP contribution in [0.4, 0.5) is 0 Å². The molecule has 3 atom stereocenters. The van der Waals surface area contributed by atoms with E-state index >= 15 is 0 Å². The highest BCUT2D eigenvalue weighted by atomic mass is 16.5. The number of ether oxygens (including phenoxy) is 1. The van der Waals surface area contributed by atoms with Crippen molar-refractivity contribution in [1.29, 1.82) is 0 Å². The zero-order valence-corrected chi connectivity index (χ0v) is 11.5. The van der Waals surface area contributed by atoms with Gasteiger partial charge in [0.2, 0.25) is 0 Å². The first-order valence-corrected chi connectivity index (χ1v) is 7.25. The summed E-state index contributed by atoms with van der Waals surface area (Å²) in [6.45, 7) is 6.28. The van der Waals surface area contributed by atoms with Crippen LogP contribution in [0.2, 0.25) is 0 Å². The molecule has 0 aromatic rings. The van der Waals surface area contributed by atoms with Gasteiger partial charge in [-0.3, -0.25) is 0 Å². The number of aliphatic hydroxyl groups excluding tert-OH is 1. The molecular formula is C14H29NO2. The topological polar surface area (TPSA) is 41.5 Å². The second kappa shape index (κ2) is 8.90. The van der Waals surface area contributed by atoms with E-state index in [9.17, 15) is 5.11 Å². The van der Waals surface area contributed by atoms with Crippen LogP contribution in [0.25, 0.3) is 0 Å². The largest absolute Gasteiger partial charge is 0.393 e. The monoisotopic (exact) mass is 243 g/mol. The molecular weight excluding hydrogens is 214 g/mol. The summed E-state index contributed by atoms with van der Waals surface area (Å²) in [7, 11) is 0. The molecule has 1 rings (SSSR count). The Hall–Kier alpha value is -0.120. The fraction of sp³-hybridized carbons (Fsp3) is 1.00. The quantitative estimate of drug-likeness (QED) is 0.644. The van der Waals surface area contributed by atoms with Gasteiger partial charge in [-0.1, -0.05) is 26.2 Å². The van der Waals surface area contributed by atoms with Gasteiger partial charge in [-0.2, -0.15) is 0 Å². The van der Waals surface area contributed by atoms with Crippen molar-refractivity contribution in [3.05, 3.63) is 0 Å². The Morgan fingerprint density at radius 3 is 2.88 bits per heavy atom. The molecule has 1 heterocycles. The van der Waals surface area contributed by atoms with Crippen LogP contribution < -0.4 is 5.32 Å². The van der Waals surface area contributed by atoms with E-state index in [1.54, 1.807) is 0 Å². The number of hydrogen-bond acceptors (Lipinski definition) is 3. The van der Waals surface area contributed by atoms with E-state index in [1.807, 2.05) is 0 Å². The van der Waals surface area contributed by atoms with Crippen LogP contribution in [0.1, 0.15) is 58.8 Å². The Labute approximate surface area is 106 Å². The lowest BCUT2D eigenvalue weighted by atomic mass is 10.0. The Morgan fingerprint density at radius 1 is 1.35 bits per heavy atom. The summed E-state index contributed by atoms with van der Waals surface area (Å²) in [6, 6.07) is 0.493. The highest BCUT2D eigenvalue weighted by molar-refractivity contribution is 4.75. The number of nitrogens with one attached hydrogen (secondary N) is 1. The van der Waals surface area contributed by atoms with Crippen molar-refractivity contribution < 1.29 is 9.84 Å². The molecule has 0 bridgehead atoms. The average Bonchev–Trinajstić information content (AvgIpc) is 2.29. The zero-order valence-electron chi connectivity index (χ0n) is 11.5. The molecule has 1 aliphatic rings. The molecule has 3 unspecified atom stereocenters. The zero-order chi connectivity index (χ0) is 12.5. The van der Waals surface area contributed by atoms with Gasteiger partial charge in [-0.25, -0.2) is 0 Å². The minimum Gasteiger partial charge on any atom is -0.393 e. The molecule has 2 N–H and O–H groups in total. The van der Waals surface area contributed by atoms with Gasteiger partial charge in [0.1, 0.15) is 0 Å². The van der Waals surface area contributed by atoms with Gasteiger partial charge in [0, 0.05) is 12.6 Å². The predicted octanol–water partition coefficient (Wildman–Crippen LogP) is 2.47. The minimum absolute atomic E-state index is 0.148. The minimum atomic E-state index is -0.148. The lowest BCUT2D eigenvalue weighted by Crippen LogP contribution is -2.36. The van der Waals surface area contributed by atoms with Crippen LogP contribution in [0, 0.1) is 0 Å². The normalized spacial score (nSPS) is 27.0. The van der Waals surface area contributed by atoms with E-state index in [0.717, 1.165) is 32.4 Å². The molecule has 0 spiro atoms. The molecule has 0 amide bonds. The van der Waals surface area contributed by atoms with Crippen LogP contribution in [-0.4, -0.2) is 36.5 Å². The van der Waals surface area contributed by atoms with E-state index < -0.39 is 0 Å². The summed E-state index contributed by atoms with van der Waals surface area (Å²) in [5.41, 5.74) is 0. The van der Waals surface area contributed by atoms with E-state index in [0.29, 0.717) is 6.04 Å².